The second-order valence-corrected chi connectivity index (χ2v) is 8.03. The van der Waals surface area contributed by atoms with E-state index < -0.39 is 0 Å². The lowest BCUT2D eigenvalue weighted by Crippen LogP contribution is -2.15. The Bertz CT molecular complexity index is 1060. The standard InChI is InChI=1S/C23H25BrN4O2/c1-4-5-13-28-16(3)21(15(2)27-28)26-23(30)18-7-6-8-20(14-18)25-22(29)17-9-11-19(24)12-10-17/h6-12,14H,4-5,13H2,1-3H3,(H,25,29)(H,26,30). The molecule has 2 aromatic carbocycles. The van der Waals surface area contributed by atoms with Crippen LogP contribution in [0.5, 0.6) is 0 Å². The van der Waals surface area contributed by atoms with E-state index in [1.54, 1.807) is 36.4 Å². The molecule has 30 heavy (non-hydrogen) atoms. The van der Waals surface area contributed by atoms with Crippen molar-refractivity contribution in [3.8, 4) is 0 Å². The van der Waals surface area contributed by atoms with Gasteiger partial charge in [0.1, 0.15) is 0 Å². The molecule has 1 heterocycles. The third-order valence-electron chi connectivity index (χ3n) is 4.83. The highest BCUT2D eigenvalue weighted by Crippen LogP contribution is 2.22. The summed E-state index contributed by atoms with van der Waals surface area (Å²) in [6, 6.07) is 14.0. The summed E-state index contributed by atoms with van der Waals surface area (Å²) in [5.74, 6) is -0.472. The molecule has 2 amide bonds. The Morgan fingerprint density at radius 1 is 1.00 bits per heavy atom. The van der Waals surface area contributed by atoms with Gasteiger partial charge in [-0.15, -0.1) is 0 Å². The van der Waals surface area contributed by atoms with Gasteiger partial charge in [0.25, 0.3) is 11.8 Å². The highest BCUT2D eigenvalue weighted by molar-refractivity contribution is 9.10. The molecule has 6 nitrogen and oxygen atoms in total. The molecule has 0 unspecified atom stereocenters. The van der Waals surface area contributed by atoms with Crippen LogP contribution in [0.25, 0.3) is 0 Å². The molecule has 0 saturated heterocycles. The molecule has 0 aliphatic carbocycles. The maximum atomic E-state index is 12.8. The SMILES string of the molecule is CCCCn1nc(C)c(NC(=O)c2cccc(NC(=O)c3ccc(Br)cc3)c2)c1C. The lowest BCUT2D eigenvalue weighted by atomic mass is 10.1. The first kappa shape index (κ1) is 21.8. The minimum Gasteiger partial charge on any atom is -0.322 e. The molecule has 0 atom stereocenters. The van der Waals surface area contributed by atoms with Crippen LogP contribution in [0.15, 0.2) is 53.0 Å². The van der Waals surface area contributed by atoms with Crippen molar-refractivity contribution >= 4 is 39.1 Å². The fourth-order valence-electron chi connectivity index (χ4n) is 3.13. The molecule has 0 aliphatic rings. The number of amides is 2. The summed E-state index contributed by atoms with van der Waals surface area (Å²) in [5, 5.41) is 10.3. The number of rotatable bonds is 7. The predicted molar refractivity (Wildman–Crippen MR) is 123 cm³/mol. The van der Waals surface area contributed by atoms with E-state index in [9.17, 15) is 9.59 Å². The van der Waals surface area contributed by atoms with Crippen LogP contribution in [-0.4, -0.2) is 21.6 Å². The van der Waals surface area contributed by atoms with Crippen molar-refractivity contribution in [2.45, 2.75) is 40.2 Å². The number of anilines is 2. The van der Waals surface area contributed by atoms with Gasteiger partial charge in [-0.3, -0.25) is 14.3 Å². The van der Waals surface area contributed by atoms with E-state index >= 15 is 0 Å². The lowest BCUT2D eigenvalue weighted by molar-refractivity contribution is 0.101. The van der Waals surface area contributed by atoms with Crippen LogP contribution < -0.4 is 10.6 Å². The summed E-state index contributed by atoms with van der Waals surface area (Å²) in [7, 11) is 0. The third-order valence-corrected chi connectivity index (χ3v) is 5.36. The third kappa shape index (κ3) is 5.16. The Morgan fingerprint density at radius 3 is 2.40 bits per heavy atom. The number of halogens is 1. The number of carbonyl (C=O) groups is 2. The molecule has 156 valence electrons. The molecule has 3 rings (SSSR count). The van der Waals surface area contributed by atoms with Crippen molar-refractivity contribution < 1.29 is 9.59 Å². The zero-order valence-electron chi connectivity index (χ0n) is 17.3. The smallest absolute Gasteiger partial charge is 0.255 e. The molecule has 0 fully saturated rings. The first-order valence-corrected chi connectivity index (χ1v) is 10.7. The summed E-state index contributed by atoms with van der Waals surface area (Å²) in [4.78, 5) is 25.3. The van der Waals surface area contributed by atoms with Gasteiger partial charge in [-0.05, 0) is 62.7 Å². The fraction of sp³-hybridized carbons (Fsp3) is 0.261. The molecule has 1 aromatic heterocycles. The molecule has 3 aromatic rings. The second kappa shape index (κ2) is 9.71. The van der Waals surface area contributed by atoms with Crippen LogP contribution >= 0.6 is 15.9 Å². The van der Waals surface area contributed by atoms with E-state index in [4.69, 9.17) is 0 Å². The van der Waals surface area contributed by atoms with Gasteiger partial charge in [-0.25, -0.2) is 0 Å². The molecule has 0 radical (unpaired) electrons. The first-order chi connectivity index (χ1) is 14.4. The quantitative estimate of drug-likeness (QED) is 0.475. The number of aromatic nitrogens is 2. The largest absolute Gasteiger partial charge is 0.322 e. The molecule has 0 bridgehead atoms. The van der Waals surface area contributed by atoms with Crippen LogP contribution in [0.3, 0.4) is 0 Å². The van der Waals surface area contributed by atoms with Crippen LogP contribution in [0, 0.1) is 13.8 Å². The van der Waals surface area contributed by atoms with Gasteiger partial charge in [0.15, 0.2) is 0 Å². The van der Waals surface area contributed by atoms with E-state index in [2.05, 4.69) is 38.6 Å². The summed E-state index contributed by atoms with van der Waals surface area (Å²) >= 11 is 3.36. The number of nitrogens with one attached hydrogen (secondary N) is 2. The average molecular weight is 469 g/mol. The van der Waals surface area contributed by atoms with E-state index in [1.165, 1.54) is 0 Å². The van der Waals surface area contributed by atoms with E-state index in [0.29, 0.717) is 16.8 Å². The van der Waals surface area contributed by atoms with Crippen molar-refractivity contribution in [1.29, 1.82) is 0 Å². The van der Waals surface area contributed by atoms with Gasteiger partial charge in [-0.2, -0.15) is 5.10 Å². The minimum atomic E-state index is -0.240. The number of nitrogens with zero attached hydrogens (tertiary/aromatic N) is 2. The zero-order chi connectivity index (χ0) is 21.7. The highest BCUT2D eigenvalue weighted by Gasteiger charge is 2.16. The van der Waals surface area contributed by atoms with Gasteiger partial charge < -0.3 is 10.6 Å². The van der Waals surface area contributed by atoms with Crippen LogP contribution in [-0.2, 0) is 6.54 Å². The fourth-order valence-corrected chi connectivity index (χ4v) is 3.40. The number of aryl methyl sites for hydroxylation is 2. The van der Waals surface area contributed by atoms with Crippen molar-refractivity contribution in [3.63, 3.8) is 0 Å². The maximum Gasteiger partial charge on any atom is 0.255 e. The molecular formula is C23H25BrN4O2. The summed E-state index contributed by atoms with van der Waals surface area (Å²) in [5.41, 5.74) is 4.02. The van der Waals surface area contributed by atoms with Crippen molar-refractivity contribution in [2.75, 3.05) is 10.6 Å². The van der Waals surface area contributed by atoms with E-state index in [-0.39, 0.29) is 11.8 Å². The van der Waals surface area contributed by atoms with E-state index in [1.807, 2.05) is 30.7 Å². The molecule has 0 saturated carbocycles. The number of hydrogen-bond donors (Lipinski definition) is 2. The summed E-state index contributed by atoms with van der Waals surface area (Å²) in [6.07, 6.45) is 2.12. The van der Waals surface area contributed by atoms with Crippen LogP contribution in [0.2, 0.25) is 0 Å². The summed E-state index contributed by atoms with van der Waals surface area (Å²) < 4.78 is 2.84. The normalized spacial score (nSPS) is 10.7. The number of carbonyl (C=O) groups excluding carboxylic acids is 2. The molecule has 0 aliphatic heterocycles. The predicted octanol–water partition coefficient (Wildman–Crippen LogP) is 5.57. The Morgan fingerprint density at radius 2 is 1.70 bits per heavy atom. The van der Waals surface area contributed by atoms with Crippen LogP contribution in [0.1, 0.15) is 51.9 Å². The minimum absolute atomic E-state index is 0.232. The average Bonchev–Trinajstić information content (AvgIpc) is 3.00. The maximum absolute atomic E-state index is 12.8. The van der Waals surface area contributed by atoms with Gasteiger partial charge in [0.05, 0.1) is 17.1 Å². The molecule has 7 heteroatoms. The highest BCUT2D eigenvalue weighted by atomic mass is 79.9. The van der Waals surface area contributed by atoms with Crippen molar-refractivity contribution in [2.24, 2.45) is 0 Å². The molecular weight excluding hydrogens is 444 g/mol. The van der Waals surface area contributed by atoms with Crippen molar-refractivity contribution in [3.05, 3.63) is 75.5 Å². The topological polar surface area (TPSA) is 76.0 Å². The Labute approximate surface area is 184 Å². The zero-order valence-corrected chi connectivity index (χ0v) is 18.9. The number of unbranched alkanes of at least 4 members (excludes halogenated alkanes) is 1. The van der Waals surface area contributed by atoms with Crippen molar-refractivity contribution in [1.82, 2.24) is 9.78 Å². The molecule has 2 N–H and O–H groups in total. The second-order valence-electron chi connectivity index (χ2n) is 7.12. The Hall–Kier alpha value is -2.93. The first-order valence-electron chi connectivity index (χ1n) is 9.91. The number of hydrogen-bond acceptors (Lipinski definition) is 3. The van der Waals surface area contributed by atoms with Gasteiger partial charge in [0, 0.05) is 27.8 Å². The lowest BCUT2D eigenvalue weighted by Gasteiger charge is -2.09. The molecule has 0 spiro atoms. The van der Waals surface area contributed by atoms with E-state index in [0.717, 1.165) is 40.9 Å². The Balaban J connectivity index is 1.73. The number of benzene rings is 2. The van der Waals surface area contributed by atoms with Crippen LogP contribution in [0.4, 0.5) is 11.4 Å². The summed E-state index contributed by atoms with van der Waals surface area (Å²) in [6.45, 7) is 6.81. The van der Waals surface area contributed by atoms with Gasteiger partial charge in [0.2, 0.25) is 0 Å². The van der Waals surface area contributed by atoms with Gasteiger partial charge in [-0.1, -0.05) is 35.3 Å². The van der Waals surface area contributed by atoms with Gasteiger partial charge >= 0.3 is 0 Å². The monoisotopic (exact) mass is 468 g/mol. The Kier molecular flexibility index (Phi) is 7.05.